The van der Waals surface area contributed by atoms with E-state index < -0.39 is 5.97 Å². The van der Waals surface area contributed by atoms with Crippen LogP contribution in [0.4, 0.5) is 0 Å². The van der Waals surface area contributed by atoms with Crippen molar-refractivity contribution < 1.29 is 33.6 Å². The van der Waals surface area contributed by atoms with Crippen molar-refractivity contribution in [1.29, 1.82) is 0 Å². The Morgan fingerprint density at radius 3 is 2.67 bits per heavy atom. The van der Waals surface area contributed by atoms with Crippen LogP contribution < -0.4 is 24.3 Å². The number of nitrogens with one attached hydrogen (secondary N) is 1. The van der Waals surface area contributed by atoms with Gasteiger partial charge >= 0.3 is 5.97 Å². The molecule has 0 saturated carbocycles. The van der Waals surface area contributed by atoms with Crippen molar-refractivity contribution in [2.24, 2.45) is 5.92 Å². The summed E-state index contributed by atoms with van der Waals surface area (Å²) in [6.45, 7) is 11.6. The van der Waals surface area contributed by atoms with Crippen LogP contribution in [0.5, 0.6) is 28.7 Å². The van der Waals surface area contributed by atoms with E-state index in [-0.39, 0.29) is 48.0 Å². The molecule has 0 spiro atoms. The molecule has 7 rings (SSSR count). The maximum atomic E-state index is 12.9. The number of carbonyl (C=O) groups excluding carboxylic acids is 2. The van der Waals surface area contributed by atoms with Crippen LogP contribution >= 0.6 is 0 Å². The van der Waals surface area contributed by atoms with Crippen LogP contribution in [0.1, 0.15) is 79.1 Å². The Bertz CT molecular complexity index is 1520. The van der Waals surface area contributed by atoms with Crippen molar-refractivity contribution >= 4 is 11.9 Å². The summed E-state index contributed by atoms with van der Waals surface area (Å²) < 4.78 is 23.5. The first-order valence-corrected chi connectivity index (χ1v) is 14.9. The minimum atomic E-state index is -0.404. The highest BCUT2D eigenvalue weighted by molar-refractivity contribution is 5.77. The van der Waals surface area contributed by atoms with Gasteiger partial charge in [0.2, 0.25) is 12.7 Å². The number of phenolic OH excluding ortho intramolecular Hbond substituents is 1. The van der Waals surface area contributed by atoms with E-state index >= 15 is 0 Å². The molecule has 42 heavy (non-hydrogen) atoms. The van der Waals surface area contributed by atoms with Crippen molar-refractivity contribution in [1.82, 2.24) is 15.1 Å². The van der Waals surface area contributed by atoms with E-state index in [1.807, 2.05) is 27.7 Å². The van der Waals surface area contributed by atoms with Crippen molar-refractivity contribution in [3.05, 3.63) is 39.4 Å². The molecule has 2 saturated heterocycles. The molecule has 0 aliphatic carbocycles. The number of amides is 1. The Hall–Kier alpha value is -3.50. The number of esters is 1. The first-order chi connectivity index (χ1) is 20.1. The summed E-state index contributed by atoms with van der Waals surface area (Å²) >= 11 is 0. The van der Waals surface area contributed by atoms with Crippen LogP contribution in [-0.4, -0.2) is 66.4 Å². The van der Waals surface area contributed by atoms with E-state index in [4.69, 9.17) is 18.9 Å². The molecule has 2 unspecified atom stereocenters. The second-order valence-corrected chi connectivity index (χ2v) is 12.8. The lowest BCUT2D eigenvalue weighted by molar-refractivity contribution is -0.132. The smallest absolute Gasteiger partial charge is 0.308 e. The number of rotatable bonds is 6. The summed E-state index contributed by atoms with van der Waals surface area (Å²) in [7, 11) is 1.59. The molecule has 224 valence electrons. The number of hydrogen-bond donors (Lipinski definition) is 2. The fourth-order valence-corrected chi connectivity index (χ4v) is 8.21. The number of aromatic hydroxyl groups is 1. The second-order valence-electron chi connectivity index (χ2n) is 12.8. The molecular formula is C32H39N3O7. The summed E-state index contributed by atoms with van der Waals surface area (Å²) in [6, 6.07) is 1.81. The average molecular weight is 578 g/mol. The second kappa shape index (κ2) is 9.50. The third-order valence-electron chi connectivity index (χ3n) is 9.89. The normalized spacial score (nSPS) is 27.9. The molecule has 1 amide bonds. The fraction of sp³-hybridized carbons (Fsp3) is 0.562. The number of hydrogen-bond acceptors (Lipinski definition) is 9. The van der Waals surface area contributed by atoms with Crippen molar-refractivity contribution in [2.45, 2.75) is 77.5 Å². The molecule has 0 radical (unpaired) electrons. The maximum Gasteiger partial charge on any atom is 0.308 e. The molecule has 0 aromatic heterocycles. The van der Waals surface area contributed by atoms with Gasteiger partial charge in [-0.1, -0.05) is 13.8 Å². The van der Waals surface area contributed by atoms with E-state index in [9.17, 15) is 14.7 Å². The summed E-state index contributed by atoms with van der Waals surface area (Å²) in [5, 5.41) is 14.8. The highest BCUT2D eigenvalue weighted by atomic mass is 16.7. The van der Waals surface area contributed by atoms with Gasteiger partial charge in [0.1, 0.15) is 5.75 Å². The molecule has 2 bridgehead atoms. The molecule has 2 aromatic carbocycles. The molecule has 5 aliphatic heterocycles. The van der Waals surface area contributed by atoms with Crippen LogP contribution in [0.25, 0.3) is 0 Å². The predicted molar refractivity (Wildman–Crippen MR) is 153 cm³/mol. The van der Waals surface area contributed by atoms with Gasteiger partial charge in [0.15, 0.2) is 23.0 Å². The molecule has 5 heterocycles. The predicted octanol–water partition coefficient (Wildman–Crippen LogP) is 3.77. The highest BCUT2D eigenvalue weighted by Gasteiger charge is 2.68. The molecule has 5 aliphatic rings. The zero-order valence-corrected chi connectivity index (χ0v) is 25.1. The summed E-state index contributed by atoms with van der Waals surface area (Å²) in [4.78, 5) is 30.3. The topological polar surface area (TPSA) is 110 Å². The van der Waals surface area contributed by atoms with Gasteiger partial charge in [0.25, 0.3) is 0 Å². The zero-order chi connectivity index (χ0) is 29.7. The number of methoxy groups -OCH3 is 1. The highest BCUT2D eigenvalue weighted by Crippen LogP contribution is 2.67. The Labute approximate surface area is 245 Å². The van der Waals surface area contributed by atoms with Crippen LogP contribution in [-0.2, 0) is 21.5 Å². The van der Waals surface area contributed by atoms with Gasteiger partial charge in [-0.15, -0.1) is 0 Å². The Morgan fingerprint density at radius 2 is 1.95 bits per heavy atom. The number of fused-ring (bicyclic) bond motifs is 7. The molecule has 2 fully saturated rings. The lowest BCUT2D eigenvalue weighted by Gasteiger charge is -2.47. The summed E-state index contributed by atoms with van der Waals surface area (Å²) in [6.07, 6.45) is 1.91. The summed E-state index contributed by atoms with van der Waals surface area (Å²) in [5.41, 5.74) is 5.47. The first kappa shape index (κ1) is 27.3. The van der Waals surface area contributed by atoms with E-state index in [1.165, 1.54) is 12.5 Å². The van der Waals surface area contributed by atoms with Gasteiger partial charge in [0.05, 0.1) is 24.7 Å². The lowest BCUT2D eigenvalue weighted by Crippen LogP contribution is -2.51. The Balaban J connectivity index is 1.40. The van der Waals surface area contributed by atoms with E-state index in [0.717, 1.165) is 47.3 Å². The van der Waals surface area contributed by atoms with Gasteiger partial charge in [-0.3, -0.25) is 19.4 Å². The van der Waals surface area contributed by atoms with E-state index in [1.54, 1.807) is 7.11 Å². The van der Waals surface area contributed by atoms with Crippen molar-refractivity contribution in [3.8, 4) is 28.7 Å². The van der Waals surface area contributed by atoms with Crippen molar-refractivity contribution in [3.63, 3.8) is 0 Å². The molecule has 2 aromatic rings. The SMILES string of the molecule is COc1c(C)cc2c(c1O)[C@@H]1C3Cc4c(OC(C)=O)c(C)c5c(c4[C@H](CNC(=O)CC(C)C)N3CC[C@]23CN13)OCO5. The molecule has 10 nitrogen and oxygen atoms in total. The van der Waals surface area contributed by atoms with Gasteiger partial charge < -0.3 is 29.4 Å². The van der Waals surface area contributed by atoms with Crippen molar-refractivity contribution in [2.75, 3.05) is 33.5 Å². The number of aryl methyl sites for hydroxylation is 1. The molecule has 2 N–H and O–H groups in total. The monoisotopic (exact) mass is 577 g/mol. The molecule has 5 atom stereocenters. The van der Waals surface area contributed by atoms with Crippen LogP contribution in [0.15, 0.2) is 6.07 Å². The van der Waals surface area contributed by atoms with Gasteiger partial charge in [-0.05, 0) is 49.8 Å². The number of ether oxygens (including phenoxy) is 4. The van der Waals surface area contributed by atoms with Gasteiger partial charge in [-0.25, -0.2) is 0 Å². The average Bonchev–Trinajstić information content (AvgIpc) is 3.35. The number of carbonyl (C=O) groups is 2. The van der Waals surface area contributed by atoms with E-state index in [0.29, 0.717) is 42.4 Å². The fourth-order valence-electron chi connectivity index (χ4n) is 8.21. The largest absolute Gasteiger partial charge is 0.504 e. The molecular weight excluding hydrogens is 538 g/mol. The molecule has 10 heteroatoms. The minimum absolute atomic E-state index is 0.000423. The van der Waals surface area contributed by atoms with Crippen LogP contribution in [0.2, 0.25) is 0 Å². The lowest BCUT2D eigenvalue weighted by atomic mass is 9.78. The van der Waals surface area contributed by atoms with Gasteiger partial charge in [0, 0.05) is 61.3 Å². The first-order valence-electron chi connectivity index (χ1n) is 14.9. The van der Waals surface area contributed by atoms with E-state index in [2.05, 4.69) is 21.2 Å². The quantitative estimate of drug-likeness (QED) is 0.301. The Morgan fingerprint density at radius 1 is 1.19 bits per heavy atom. The third-order valence-corrected chi connectivity index (χ3v) is 9.89. The maximum absolute atomic E-state index is 12.9. The minimum Gasteiger partial charge on any atom is -0.504 e. The number of phenols is 1. The standard InChI is InChI=1S/C32H39N3O7/c1-15(2)9-23(37)33-12-22-24-19(29(42-18(5)36)17(4)30-31(24)41-14-40-30)11-21-26-25-20(10-16(3)28(39-6)27(25)38)32(13-35(26)32)7-8-34(21)22/h10,15,21-22,26,38H,7-9,11-14H2,1-6H3,(H,33,37)/t21?,22-,26-,32-,35?/m0/s1. The van der Waals surface area contributed by atoms with Crippen LogP contribution in [0.3, 0.4) is 0 Å². The third kappa shape index (κ3) is 3.77. The summed E-state index contributed by atoms with van der Waals surface area (Å²) in [5.74, 6) is 2.31. The zero-order valence-electron chi connectivity index (χ0n) is 25.1. The van der Waals surface area contributed by atoms with Gasteiger partial charge in [-0.2, -0.15) is 0 Å². The number of benzene rings is 2. The number of nitrogens with zero attached hydrogens (tertiary/aromatic N) is 2. The van der Waals surface area contributed by atoms with Crippen LogP contribution in [0, 0.1) is 19.8 Å². The Kier molecular flexibility index (Phi) is 6.19.